The standard InChI is InChI=1S/C13H12ClF3O3/c1-2-20-12(19)9-4-3-8(13(15,16)17)7-10(9)11(18)5-6-14/h3-4,7H,2,5-6H2,1H3. The van der Waals surface area contributed by atoms with Crippen molar-refractivity contribution < 1.29 is 27.5 Å². The van der Waals surface area contributed by atoms with Crippen LogP contribution in [-0.2, 0) is 10.9 Å². The Morgan fingerprint density at radius 2 is 1.90 bits per heavy atom. The summed E-state index contributed by atoms with van der Waals surface area (Å²) in [6.07, 6.45) is -4.75. The quantitative estimate of drug-likeness (QED) is 0.473. The van der Waals surface area contributed by atoms with E-state index in [0.29, 0.717) is 6.07 Å². The Hall–Kier alpha value is -1.56. The summed E-state index contributed by atoms with van der Waals surface area (Å²) < 4.78 is 42.7. The second-order valence-electron chi connectivity index (χ2n) is 3.84. The molecule has 0 aromatic heterocycles. The number of carbonyl (C=O) groups excluding carboxylic acids is 2. The molecule has 1 aromatic carbocycles. The summed E-state index contributed by atoms with van der Waals surface area (Å²) in [7, 11) is 0. The molecule has 7 heteroatoms. The van der Waals surface area contributed by atoms with E-state index < -0.39 is 23.5 Å². The predicted molar refractivity (Wildman–Crippen MR) is 67.1 cm³/mol. The van der Waals surface area contributed by atoms with Gasteiger partial charge in [-0.3, -0.25) is 4.79 Å². The Labute approximate surface area is 118 Å². The molecule has 0 heterocycles. The van der Waals surface area contributed by atoms with E-state index in [0.717, 1.165) is 12.1 Å². The highest BCUT2D eigenvalue weighted by Crippen LogP contribution is 2.31. The van der Waals surface area contributed by atoms with E-state index in [1.807, 2.05) is 0 Å². The van der Waals surface area contributed by atoms with Gasteiger partial charge in [0.1, 0.15) is 0 Å². The molecule has 1 rings (SSSR count). The summed E-state index contributed by atoms with van der Waals surface area (Å²) >= 11 is 5.41. The normalized spacial score (nSPS) is 11.2. The van der Waals surface area contributed by atoms with Crippen molar-refractivity contribution in [3.63, 3.8) is 0 Å². The van der Waals surface area contributed by atoms with Crippen molar-refractivity contribution in [2.24, 2.45) is 0 Å². The SMILES string of the molecule is CCOC(=O)c1ccc(C(F)(F)F)cc1C(=O)CCCl. The van der Waals surface area contributed by atoms with Crippen molar-refractivity contribution in [3.8, 4) is 0 Å². The smallest absolute Gasteiger partial charge is 0.416 e. The molecule has 3 nitrogen and oxygen atoms in total. The molecular formula is C13H12ClF3O3. The van der Waals surface area contributed by atoms with Crippen molar-refractivity contribution in [1.29, 1.82) is 0 Å². The number of ether oxygens (including phenoxy) is 1. The van der Waals surface area contributed by atoms with Gasteiger partial charge < -0.3 is 4.74 Å². The first-order chi connectivity index (χ1) is 9.31. The van der Waals surface area contributed by atoms with E-state index in [1.165, 1.54) is 0 Å². The Balaban J connectivity index is 3.30. The van der Waals surface area contributed by atoms with Crippen LogP contribution in [0.2, 0.25) is 0 Å². The number of esters is 1. The van der Waals surface area contributed by atoms with Gasteiger partial charge in [0.2, 0.25) is 0 Å². The lowest BCUT2D eigenvalue weighted by Crippen LogP contribution is -2.15. The summed E-state index contributed by atoms with van der Waals surface area (Å²) in [5, 5.41) is 0. The van der Waals surface area contributed by atoms with Crippen LogP contribution in [0.15, 0.2) is 18.2 Å². The molecule has 1 aromatic rings. The number of hydrogen-bond acceptors (Lipinski definition) is 3. The minimum Gasteiger partial charge on any atom is -0.462 e. The van der Waals surface area contributed by atoms with Gasteiger partial charge in [-0.1, -0.05) is 0 Å². The maximum Gasteiger partial charge on any atom is 0.416 e. The molecule has 0 saturated heterocycles. The Bertz CT molecular complexity index is 512. The molecular weight excluding hydrogens is 297 g/mol. The van der Waals surface area contributed by atoms with Crippen molar-refractivity contribution in [2.75, 3.05) is 12.5 Å². The number of hydrogen-bond donors (Lipinski definition) is 0. The van der Waals surface area contributed by atoms with E-state index >= 15 is 0 Å². The molecule has 0 fully saturated rings. The topological polar surface area (TPSA) is 43.4 Å². The predicted octanol–water partition coefficient (Wildman–Crippen LogP) is 3.69. The fraction of sp³-hybridized carbons (Fsp3) is 0.385. The molecule has 0 radical (unpaired) electrons. The van der Waals surface area contributed by atoms with Crippen molar-refractivity contribution in [2.45, 2.75) is 19.5 Å². The Morgan fingerprint density at radius 3 is 2.40 bits per heavy atom. The van der Waals surface area contributed by atoms with Crippen LogP contribution < -0.4 is 0 Å². The van der Waals surface area contributed by atoms with Gasteiger partial charge in [0.15, 0.2) is 5.78 Å². The minimum absolute atomic E-state index is 0.0443. The second kappa shape index (κ2) is 6.74. The van der Waals surface area contributed by atoms with Gasteiger partial charge >= 0.3 is 12.1 Å². The van der Waals surface area contributed by atoms with Crippen molar-refractivity contribution in [1.82, 2.24) is 0 Å². The van der Waals surface area contributed by atoms with Crippen LogP contribution in [0.25, 0.3) is 0 Å². The van der Waals surface area contributed by atoms with Gasteiger partial charge in [-0.2, -0.15) is 13.2 Å². The number of rotatable bonds is 5. The summed E-state index contributed by atoms with van der Waals surface area (Å²) in [4.78, 5) is 23.4. The van der Waals surface area contributed by atoms with Crippen LogP contribution in [0, 0.1) is 0 Å². The third-order valence-corrected chi connectivity index (χ3v) is 2.65. The molecule has 0 atom stereocenters. The van der Waals surface area contributed by atoms with E-state index in [9.17, 15) is 22.8 Å². The highest BCUT2D eigenvalue weighted by molar-refractivity contribution is 6.20. The van der Waals surface area contributed by atoms with Crippen LogP contribution in [0.5, 0.6) is 0 Å². The van der Waals surface area contributed by atoms with Gasteiger partial charge in [0.25, 0.3) is 0 Å². The van der Waals surface area contributed by atoms with Gasteiger partial charge in [-0.05, 0) is 25.1 Å². The fourth-order valence-electron chi connectivity index (χ4n) is 1.56. The molecule has 20 heavy (non-hydrogen) atoms. The summed E-state index contributed by atoms with van der Waals surface area (Å²) in [5.41, 5.74) is -1.50. The minimum atomic E-state index is -4.59. The molecule has 0 amide bonds. The third-order valence-electron chi connectivity index (χ3n) is 2.46. The van der Waals surface area contributed by atoms with E-state index in [2.05, 4.69) is 0 Å². The summed E-state index contributed by atoms with van der Waals surface area (Å²) in [6, 6.07) is 2.34. The number of alkyl halides is 4. The zero-order valence-electron chi connectivity index (χ0n) is 10.6. The highest BCUT2D eigenvalue weighted by Gasteiger charge is 2.32. The first-order valence-electron chi connectivity index (χ1n) is 5.78. The zero-order valence-corrected chi connectivity index (χ0v) is 11.3. The lowest BCUT2D eigenvalue weighted by molar-refractivity contribution is -0.137. The van der Waals surface area contributed by atoms with E-state index in [-0.39, 0.29) is 30.0 Å². The van der Waals surface area contributed by atoms with Crippen LogP contribution in [0.4, 0.5) is 13.2 Å². The van der Waals surface area contributed by atoms with E-state index in [1.54, 1.807) is 6.92 Å². The number of halogens is 4. The van der Waals surface area contributed by atoms with Crippen molar-refractivity contribution in [3.05, 3.63) is 34.9 Å². The molecule has 0 aliphatic carbocycles. The second-order valence-corrected chi connectivity index (χ2v) is 4.22. The molecule has 0 N–H and O–H groups in total. The molecule has 0 saturated carbocycles. The third kappa shape index (κ3) is 3.96. The van der Waals surface area contributed by atoms with Gasteiger partial charge in [-0.25, -0.2) is 4.79 Å². The van der Waals surface area contributed by atoms with Gasteiger partial charge in [0, 0.05) is 17.9 Å². The monoisotopic (exact) mass is 308 g/mol. The first kappa shape index (κ1) is 16.5. The largest absolute Gasteiger partial charge is 0.462 e. The number of ketones is 1. The van der Waals surface area contributed by atoms with Crippen LogP contribution >= 0.6 is 11.6 Å². The average molecular weight is 309 g/mol. The summed E-state index contributed by atoms with van der Waals surface area (Å²) in [6.45, 7) is 1.62. The number of carbonyl (C=O) groups is 2. The molecule has 0 aliphatic heterocycles. The molecule has 0 aliphatic rings. The first-order valence-corrected chi connectivity index (χ1v) is 6.32. The van der Waals surface area contributed by atoms with Crippen LogP contribution in [0.3, 0.4) is 0 Å². The number of benzene rings is 1. The fourth-order valence-corrected chi connectivity index (χ4v) is 1.73. The van der Waals surface area contributed by atoms with E-state index in [4.69, 9.17) is 16.3 Å². The van der Waals surface area contributed by atoms with Gasteiger partial charge in [-0.15, -0.1) is 11.6 Å². The van der Waals surface area contributed by atoms with Gasteiger partial charge in [0.05, 0.1) is 17.7 Å². The lowest BCUT2D eigenvalue weighted by Gasteiger charge is -2.12. The summed E-state index contributed by atoms with van der Waals surface area (Å²) in [5.74, 6) is -1.51. The molecule has 0 unspecified atom stereocenters. The zero-order chi connectivity index (χ0) is 15.3. The molecule has 0 spiro atoms. The van der Waals surface area contributed by atoms with Crippen LogP contribution in [0.1, 0.15) is 39.6 Å². The molecule has 110 valence electrons. The average Bonchev–Trinajstić information content (AvgIpc) is 2.37. The number of Topliss-reactive ketones (excluding diaryl/α,β-unsaturated/α-hetero) is 1. The lowest BCUT2D eigenvalue weighted by atomic mass is 9.99. The van der Waals surface area contributed by atoms with Crippen LogP contribution in [-0.4, -0.2) is 24.2 Å². The Morgan fingerprint density at radius 1 is 1.25 bits per heavy atom. The maximum atomic E-state index is 12.6. The Kier molecular flexibility index (Phi) is 5.56. The maximum absolute atomic E-state index is 12.6. The molecule has 0 bridgehead atoms. The van der Waals surface area contributed by atoms with Crippen molar-refractivity contribution >= 4 is 23.4 Å². The highest BCUT2D eigenvalue weighted by atomic mass is 35.5.